The van der Waals surface area contributed by atoms with Gasteiger partial charge in [-0.1, -0.05) is 6.07 Å². The standard InChI is InChI=1S/C12H17N5O/c13-6-9-2-1-3-11(15-9)16-4-5-17-10(8-16)7-14-12(17)18/h1-3,10H,4-8,13H2,(H,14,18). The molecule has 0 bridgehead atoms. The number of nitrogens with zero attached hydrogens (tertiary/aromatic N) is 3. The van der Waals surface area contributed by atoms with Crippen molar-refractivity contribution in [2.24, 2.45) is 5.73 Å². The molecule has 3 rings (SSSR count). The minimum absolute atomic E-state index is 0.0586. The van der Waals surface area contributed by atoms with Gasteiger partial charge in [-0.25, -0.2) is 9.78 Å². The SMILES string of the molecule is NCc1cccc(N2CCN3C(=O)NCC3C2)n1. The van der Waals surface area contributed by atoms with Crippen molar-refractivity contribution in [3.05, 3.63) is 23.9 Å². The van der Waals surface area contributed by atoms with Crippen molar-refractivity contribution in [1.82, 2.24) is 15.2 Å². The van der Waals surface area contributed by atoms with E-state index in [1.807, 2.05) is 23.1 Å². The van der Waals surface area contributed by atoms with Crippen molar-refractivity contribution in [1.29, 1.82) is 0 Å². The summed E-state index contributed by atoms with van der Waals surface area (Å²) in [6, 6.07) is 6.23. The molecule has 0 aliphatic carbocycles. The van der Waals surface area contributed by atoms with Gasteiger partial charge >= 0.3 is 6.03 Å². The predicted octanol–water partition coefficient (Wildman–Crippen LogP) is -0.246. The van der Waals surface area contributed by atoms with E-state index in [2.05, 4.69) is 15.2 Å². The number of amides is 2. The molecule has 18 heavy (non-hydrogen) atoms. The summed E-state index contributed by atoms with van der Waals surface area (Å²) in [7, 11) is 0. The molecule has 3 heterocycles. The highest BCUT2D eigenvalue weighted by molar-refractivity contribution is 5.77. The number of hydrogen-bond acceptors (Lipinski definition) is 4. The summed E-state index contributed by atoms with van der Waals surface area (Å²) >= 11 is 0. The van der Waals surface area contributed by atoms with Crippen molar-refractivity contribution in [2.75, 3.05) is 31.1 Å². The third kappa shape index (κ3) is 1.88. The summed E-state index contributed by atoms with van der Waals surface area (Å²) in [4.78, 5) is 20.2. The summed E-state index contributed by atoms with van der Waals surface area (Å²) in [6.45, 7) is 3.60. The van der Waals surface area contributed by atoms with Gasteiger partial charge < -0.3 is 20.9 Å². The highest BCUT2D eigenvalue weighted by Crippen LogP contribution is 2.19. The van der Waals surface area contributed by atoms with Gasteiger partial charge in [0.15, 0.2) is 0 Å². The molecule has 2 aliphatic heterocycles. The number of rotatable bonds is 2. The Bertz CT molecular complexity index is 464. The first kappa shape index (κ1) is 11.3. The number of hydrogen-bond donors (Lipinski definition) is 2. The third-order valence-electron chi connectivity index (χ3n) is 3.56. The number of anilines is 1. The summed E-state index contributed by atoms with van der Waals surface area (Å²) in [5, 5.41) is 2.88. The van der Waals surface area contributed by atoms with Crippen LogP contribution in [0.15, 0.2) is 18.2 Å². The highest BCUT2D eigenvalue weighted by atomic mass is 16.2. The van der Waals surface area contributed by atoms with Crippen molar-refractivity contribution in [3.8, 4) is 0 Å². The Labute approximate surface area is 106 Å². The van der Waals surface area contributed by atoms with Gasteiger partial charge in [-0.3, -0.25) is 0 Å². The fraction of sp³-hybridized carbons (Fsp3) is 0.500. The number of aromatic nitrogens is 1. The number of carbonyl (C=O) groups is 1. The molecule has 0 saturated carbocycles. The molecule has 2 fully saturated rings. The zero-order valence-electron chi connectivity index (χ0n) is 10.2. The first-order valence-electron chi connectivity index (χ1n) is 6.23. The van der Waals surface area contributed by atoms with E-state index in [4.69, 9.17) is 5.73 Å². The highest BCUT2D eigenvalue weighted by Gasteiger charge is 2.35. The van der Waals surface area contributed by atoms with Crippen LogP contribution >= 0.6 is 0 Å². The van der Waals surface area contributed by atoms with E-state index in [1.165, 1.54) is 0 Å². The van der Waals surface area contributed by atoms with Crippen molar-refractivity contribution >= 4 is 11.8 Å². The number of urea groups is 1. The normalized spacial score (nSPS) is 22.9. The number of pyridine rings is 1. The van der Waals surface area contributed by atoms with Crippen molar-refractivity contribution in [3.63, 3.8) is 0 Å². The van der Waals surface area contributed by atoms with Crippen LogP contribution in [0.1, 0.15) is 5.69 Å². The number of piperazine rings is 1. The van der Waals surface area contributed by atoms with E-state index in [0.717, 1.165) is 37.7 Å². The number of carbonyl (C=O) groups excluding carboxylic acids is 1. The Morgan fingerprint density at radius 2 is 2.33 bits per heavy atom. The lowest BCUT2D eigenvalue weighted by Crippen LogP contribution is -2.52. The Morgan fingerprint density at radius 1 is 1.44 bits per heavy atom. The van der Waals surface area contributed by atoms with Crippen LogP contribution in [0.25, 0.3) is 0 Å². The van der Waals surface area contributed by atoms with Gasteiger partial charge in [-0.15, -0.1) is 0 Å². The topological polar surface area (TPSA) is 74.5 Å². The third-order valence-corrected chi connectivity index (χ3v) is 3.56. The number of fused-ring (bicyclic) bond motifs is 1. The van der Waals surface area contributed by atoms with Crippen molar-refractivity contribution < 1.29 is 4.79 Å². The number of nitrogens with two attached hydrogens (primary N) is 1. The molecule has 0 aromatic carbocycles. The molecule has 3 N–H and O–H groups in total. The van der Waals surface area contributed by atoms with Crippen LogP contribution in [0, 0.1) is 0 Å². The minimum atomic E-state index is 0.0586. The molecular weight excluding hydrogens is 230 g/mol. The Balaban J connectivity index is 1.76. The van der Waals surface area contributed by atoms with Gasteiger partial charge in [0.1, 0.15) is 5.82 Å². The smallest absolute Gasteiger partial charge is 0.317 e. The van der Waals surface area contributed by atoms with Gasteiger partial charge in [0.25, 0.3) is 0 Å². The monoisotopic (exact) mass is 247 g/mol. The summed E-state index contributed by atoms with van der Waals surface area (Å²) < 4.78 is 0. The predicted molar refractivity (Wildman–Crippen MR) is 68.2 cm³/mol. The molecule has 2 saturated heterocycles. The second kappa shape index (κ2) is 4.45. The average molecular weight is 247 g/mol. The van der Waals surface area contributed by atoms with E-state index in [-0.39, 0.29) is 12.1 Å². The lowest BCUT2D eigenvalue weighted by molar-refractivity contribution is 0.197. The van der Waals surface area contributed by atoms with Gasteiger partial charge in [-0.05, 0) is 12.1 Å². The molecule has 1 unspecified atom stereocenters. The average Bonchev–Trinajstić information content (AvgIpc) is 2.80. The first-order chi connectivity index (χ1) is 8.78. The zero-order valence-corrected chi connectivity index (χ0v) is 10.2. The fourth-order valence-corrected chi connectivity index (χ4v) is 2.57. The van der Waals surface area contributed by atoms with Crippen LogP contribution in [-0.4, -0.2) is 48.1 Å². The molecule has 1 aromatic rings. The Hall–Kier alpha value is -1.82. The molecule has 6 heteroatoms. The summed E-state index contributed by atoms with van der Waals surface area (Å²) in [5.41, 5.74) is 6.51. The molecule has 1 atom stereocenters. The van der Waals surface area contributed by atoms with E-state index < -0.39 is 0 Å². The lowest BCUT2D eigenvalue weighted by Gasteiger charge is -2.37. The van der Waals surface area contributed by atoms with Crippen LogP contribution in [0.4, 0.5) is 10.6 Å². The maximum absolute atomic E-state index is 11.5. The zero-order chi connectivity index (χ0) is 12.5. The van der Waals surface area contributed by atoms with Crippen LogP contribution in [0.3, 0.4) is 0 Å². The lowest BCUT2D eigenvalue weighted by atomic mass is 10.2. The van der Waals surface area contributed by atoms with Crippen molar-refractivity contribution in [2.45, 2.75) is 12.6 Å². The van der Waals surface area contributed by atoms with Gasteiger partial charge in [0.05, 0.1) is 11.7 Å². The van der Waals surface area contributed by atoms with E-state index in [9.17, 15) is 4.79 Å². The Kier molecular flexibility index (Phi) is 2.79. The number of nitrogens with one attached hydrogen (secondary N) is 1. The van der Waals surface area contributed by atoms with E-state index >= 15 is 0 Å². The first-order valence-corrected chi connectivity index (χ1v) is 6.23. The van der Waals surface area contributed by atoms with E-state index in [0.29, 0.717) is 6.54 Å². The summed E-state index contributed by atoms with van der Waals surface area (Å²) in [6.07, 6.45) is 0. The fourth-order valence-electron chi connectivity index (χ4n) is 2.57. The van der Waals surface area contributed by atoms with Crippen LogP contribution in [0.2, 0.25) is 0 Å². The molecule has 1 aromatic heterocycles. The maximum Gasteiger partial charge on any atom is 0.317 e. The minimum Gasteiger partial charge on any atom is -0.353 e. The van der Waals surface area contributed by atoms with Gasteiger partial charge in [-0.2, -0.15) is 0 Å². The van der Waals surface area contributed by atoms with Crippen LogP contribution in [0.5, 0.6) is 0 Å². The Morgan fingerprint density at radius 3 is 3.17 bits per heavy atom. The molecule has 2 aliphatic rings. The molecular formula is C12H17N5O. The second-order valence-electron chi connectivity index (χ2n) is 4.67. The largest absolute Gasteiger partial charge is 0.353 e. The van der Waals surface area contributed by atoms with Gasteiger partial charge in [0.2, 0.25) is 0 Å². The quantitative estimate of drug-likeness (QED) is 0.756. The maximum atomic E-state index is 11.5. The molecule has 0 radical (unpaired) electrons. The summed E-state index contributed by atoms with van der Waals surface area (Å²) in [5.74, 6) is 0.956. The molecule has 96 valence electrons. The van der Waals surface area contributed by atoms with Crippen LogP contribution in [-0.2, 0) is 6.54 Å². The van der Waals surface area contributed by atoms with E-state index in [1.54, 1.807) is 0 Å². The van der Waals surface area contributed by atoms with Crippen LogP contribution < -0.4 is 16.0 Å². The molecule has 2 amide bonds. The van der Waals surface area contributed by atoms with Gasteiger partial charge in [0, 0.05) is 32.7 Å². The second-order valence-corrected chi connectivity index (χ2v) is 4.67. The molecule has 0 spiro atoms. The molecule has 6 nitrogen and oxygen atoms in total.